The second kappa shape index (κ2) is 8.16. The summed E-state index contributed by atoms with van der Waals surface area (Å²) in [6, 6.07) is 5.19. The fourth-order valence-electron chi connectivity index (χ4n) is 3.36. The van der Waals surface area contributed by atoms with E-state index in [1.54, 1.807) is 12.1 Å². The van der Waals surface area contributed by atoms with Crippen molar-refractivity contribution < 1.29 is 17.9 Å². The third-order valence-corrected chi connectivity index (χ3v) is 7.55. The van der Waals surface area contributed by atoms with Crippen molar-refractivity contribution in [2.45, 2.75) is 4.90 Å². The van der Waals surface area contributed by atoms with Gasteiger partial charge in [0, 0.05) is 50.8 Å². The SMILES string of the molecule is O=C(c1ccsc1)N1CCN(c2ccc(S(=O)(=O)N3CCOCC3)cn2)CC1. The number of amides is 1. The zero-order valence-corrected chi connectivity index (χ0v) is 17.0. The van der Waals surface area contributed by atoms with Crippen molar-refractivity contribution in [3.63, 3.8) is 0 Å². The van der Waals surface area contributed by atoms with E-state index in [1.165, 1.54) is 21.8 Å². The van der Waals surface area contributed by atoms with Gasteiger partial charge in [-0.05, 0) is 23.6 Å². The van der Waals surface area contributed by atoms with Crippen molar-refractivity contribution in [1.82, 2.24) is 14.2 Å². The maximum atomic E-state index is 12.7. The smallest absolute Gasteiger partial charge is 0.254 e. The first-order valence-electron chi connectivity index (χ1n) is 9.16. The first kappa shape index (κ1) is 19.3. The third kappa shape index (κ3) is 3.90. The summed E-state index contributed by atoms with van der Waals surface area (Å²) >= 11 is 1.52. The van der Waals surface area contributed by atoms with E-state index in [0.717, 1.165) is 11.4 Å². The number of rotatable bonds is 4. The average molecular weight is 423 g/mol. The number of hydrogen-bond donors (Lipinski definition) is 0. The van der Waals surface area contributed by atoms with E-state index in [4.69, 9.17) is 4.74 Å². The molecule has 0 bridgehead atoms. The highest BCUT2D eigenvalue weighted by Gasteiger charge is 2.27. The van der Waals surface area contributed by atoms with Gasteiger partial charge in [-0.3, -0.25) is 4.79 Å². The lowest BCUT2D eigenvalue weighted by Gasteiger charge is -2.35. The summed E-state index contributed by atoms with van der Waals surface area (Å²) in [5, 5.41) is 3.77. The number of hydrogen-bond acceptors (Lipinski definition) is 7. The van der Waals surface area contributed by atoms with E-state index < -0.39 is 10.0 Å². The summed E-state index contributed by atoms with van der Waals surface area (Å²) < 4.78 is 32.0. The van der Waals surface area contributed by atoms with Crippen LogP contribution in [0.5, 0.6) is 0 Å². The summed E-state index contributed by atoms with van der Waals surface area (Å²) in [6.07, 6.45) is 1.42. The second-order valence-electron chi connectivity index (χ2n) is 6.66. The van der Waals surface area contributed by atoms with Crippen LogP contribution in [0.25, 0.3) is 0 Å². The molecule has 2 aromatic heterocycles. The maximum Gasteiger partial charge on any atom is 0.254 e. The van der Waals surface area contributed by atoms with Crippen molar-refractivity contribution in [3.05, 3.63) is 40.7 Å². The molecule has 2 aromatic rings. The molecule has 150 valence electrons. The Balaban J connectivity index is 1.39. The molecule has 8 nitrogen and oxygen atoms in total. The van der Waals surface area contributed by atoms with Gasteiger partial charge in [-0.25, -0.2) is 13.4 Å². The van der Waals surface area contributed by atoms with Crippen molar-refractivity contribution in [1.29, 1.82) is 0 Å². The summed E-state index contributed by atoms with van der Waals surface area (Å²) in [5.74, 6) is 0.782. The van der Waals surface area contributed by atoms with Gasteiger partial charge < -0.3 is 14.5 Å². The molecular weight excluding hydrogens is 400 g/mol. The standard InChI is InChI=1S/C18H22N4O4S2/c23-18(15-3-12-27-14-15)21-6-4-20(5-7-21)17-2-1-16(13-19-17)28(24,25)22-8-10-26-11-9-22/h1-3,12-14H,4-11H2. The van der Waals surface area contributed by atoms with Gasteiger partial charge in [-0.1, -0.05) is 0 Å². The van der Waals surface area contributed by atoms with Crippen molar-refractivity contribution in [2.24, 2.45) is 0 Å². The molecule has 0 N–H and O–H groups in total. The monoisotopic (exact) mass is 422 g/mol. The Hall–Kier alpha value is -2.01. The highest BCUT2D eigenvalue weighted by molar-refractivity contribution is 7.89. The van der Waals surface area contributed by atoms with Gasteiger partial charge >= 0.3 is 0 Å². The highest BCUT2D eigenvalue weighted by Crippen LogP contribution is 2.20. The zero-order valence-electron chi connectivity index (χ0n) is 15.4. The molecule has 2 aliphatic rings. The normalized spacial score (nSPS) is 19.0. The Bertz CT molecular complexity index is 902. The molecule has 0 atom stereocenters. The fraction of sp³-hybridized carbons (Fsp3) is 0.444. The zero-order chi connectivity index (χ0) is 19.6. The van der Waals surface area contributed by atoms with Crippen molar-refractivity contribution >= 4 is 33.1 Å². The number of nitrogens with zero attached hydrogens (tertiary/aromatic N) is 4. The van der Waals surface area contributed by atoms with Crippen LogP contribution >= 0.6 is 11.3 Å². The lowest BCUT2D eigenvalue weighted by Crippen LogP contribution is -2.49. The second-order valence-corrected chi connectivity index (χ2v) is 9.38. The van der Waals surface area contributed by atoms with Gasteiger partial charge in [-0.2, -0.15) is 15.6 Å². The minimum absolute atomic E-state index is 0.0563. The molecule has 10 heteroatoms. The van der Waals surface area contributed by atoms with Gasteiger partial charge in [-0.15, -0.1) is 0 Å². The molecule has 28 heavy (non-hydrogen) atoms. The Kier molecular flexibility index (Phi) is 5.63. The molecule has 0 unspecified atom stereocenters. The van der Waals surface area contributed by atoms with Crippen LogP contribution in [0.3, 0.4) is 0 Å². The molecular formula is C18H22N4O4S2. The number of carbonyl (C=O) groups excluding carboxylic acids is 1. The van der Waals surface area contributed by atoms with Crippen LogP contribution in [0.1, 0.15) is 10.4 Å². The first-order valence-corrected chi connectivity index (χ1v) is 11.5. The van der Waals surface area contributed by atoms with E-state index >= 15 is 0 Å². The van der Waals surface area contributed by atoms with E-state index in [1.807, 2.05) is 21.7 Å². The number of morpholine rings is 1. The van der Waals surface area contributed by atoms with Crippen LogP contribution in [0.15, 0.2) is 40.1 Å². The van der Waals surface area contributed by atoms with Crippen LogP contribution < -0.4 is 4.90 Å². The molecule has 2 aliphatic heterocycles. The predicted octanol–water partition coefficient (Wildman–Crippen LogP) is 1.13. The minimum Gasteiger partial charge on any atom is -0.379 e. The number of thiophene rings is 1. The predicted molar refractivity (Wildman–Crippen MR) is 106 cm³/mol. The number of carbonyl (C=O) groups is 1. The largest absolute Gasteiger partial charge is 0.379 e. The number of sulfonamides is 1. The Morgan fingerprint density at radius 3 is 2.39 bits per heavy atom. The van der Waals surface area contributed by atoms with Crippen LogP contribution in [0.4, 0.5) is 5.82 Å². The molecule has 0 saturated carbocycles. The van der Waals surface area contributed by atoms with E-state index in [-0.39, 0.29) is 10.8 Å². The molecule has 4 rings (SSSR count). The Morgan fingerprint density at radius 1 is 1.04 bits per heavy atom. The quantitative estimate of drug-likeness (QED) is 0.735. The lowest BCUT2D eigenvalue weighted by molar-refractivity contribution is 0.0730. The van der Waals surface area contributed by atoms with Gasteiger partial charge in [0.25, 0.3) is 5.91 Å². The van der Waals surface area contributed by atoms with Crippen molar-refractivity contribution in [3.8, 4) is 0 Å². The van der Waals surface area contributed by atoms with Gasteiger partial charge in [0.2, 0.25) is 10.0 Å². The molecule has 2 fully saturated rings. The number of pyridine rings is 1. The molecule has 4 heterocycles. The maximum absolute atomic E-state index is 12.7. The molecule has 0 aromatic carbocycles. The minimum atomic E-state index is -3.53. The van der Waals surface area contributed by atoms with E-state index in [9.17, 15) is 13.2 Å². The van der Waals surface area contributed by atoms with Gasteiger partial charge in [0.05, 0.1) is 18.8 Å². The van der Waals surface area contributed by atoms with Crippen molar-refractivity contribution in [2.75, 3.05) is 57.4 Å². The van der Waals surface area contributed by atoms with Crippen LogP contribution in [0, 0.1) is 0 Å². The van der Waals surface area contributed by atoms with Gasteiger partial charge in [0.1, 0.15) is 10.7 Å². The molecule has 2 saturated heterocycles. The summed E-state index contributed by atoms with van der Waals surface area (Å²) in [7, 11) is -3.53. The summed E-state index contributed by atoms with van der Waals surface area (Å²) in [5.41, 5.74) is 0.731. The summed E-state index contributed by atoms with van der Waals surface area (Å²) in [6.45, 7) is 4.12. The molecule has 0 spiro atoms. The molecule has 1 amide bonds. The average Bonchev–Trinajstić information content (AvgIpc) is 3.29. The number of ether oxygens (including phenoxy) is 1. The highest BCUT2D eigenvalue weighted by atomic mass is 32.2. The number of aromatic nitrogens is 1. The Morgan fingerprint density at radius 2 is 1.79 bits per heavy atom. The number of anilines is 1. The Labute approximate surface area is 168 Å². The lowest BCUT2D eigenvalue weighted by atomic mass is 10.2. The van der Waals surface area contributed by atoms with Gasteiger partial charge in [0.15, 0.2) is 0 Å². The molecule has 0 aliphatic carbocycles. The molecule has 0 radical (unpaired) electrons. The topological polar surface area (TPSA) is 83.1 Å². The van der Waals surface area contributed by atoms with E-state index in [2.05, 4.69) is 9.88 Å². The summed E-state index contributed by atoms with van der Waals surface area (Å²) in [4.78, 5) is 20.9. The first-order chi connectivity index (χ1) is 13.6. The van der Waals surface area contributed by atoms with Crippen LogP contribution in [0.2, 0.25) is 0 Å². The fourth-order valence-corrected chi connectivity index (χ4v) is 5.34. The van der Waals surface area contributed by atoms with E-state index in [0.29, 0.717) is 52.5 Å². The van der Waals surface area contributed by atoms with Crippen LogP contribution in [-0.2, 0) is 14.8 Å². The van der Waals surface area contributed by atoms with Crippen LogP contribution in [-0.4, -0.2) is 81.0 Å². The number of piperazine rings is 1. The third-order valence-electron chi connectivity index (χ3n) is 4.99.